The topological polar surface area (TPSA) is 96.6 Å². The third-order valence-corrected chi connectivity index (χ3v) is 4.55. The first kappa shape index (κ1) is 22.2. The van der Waals surface area contributed by atoms with Gasteiger partial charge in [-0.05, 0) is 43.7 Å². The van der Waals surface area contributed by atoms with E-state index in [9.17, 15) is 9.50 Å². The van der Waals surface area contributed by atoms with Crippen LogP contribution in [0, 0.1) is 5.82 Å². The molecule has 1 aromatic carbocycles. The molecule has 0 bridgehead atoms. The van der Waals surface area contributed by atoms with Crippen molar-refractivity contribution in [1.29, 1.82) is 0 Å². The summed E-state index contributed by atoms with van der Waals surface area (Å²) in [4.78, 5) is 8.43. The number of aliphatic imine (C=N–C) groups is 1. The number of aliphatic hydroxyl groups is 1. The third-order valence-electron chi connectivity index (χ3n) is 4.55. The van der Waals surface area contributed by atoms with Gasteiger partial charge in [-0.2, -0.15) is 5.10 Å². The number of aromatic nitrogens is 3. The van der Waals surface area contributed by atoms with Crippen molar-refractivity contribution in [2.24, 2.45) is 12.0 Å². The van der Waals surface area contributed by atoms with Crippen LogP contribution in [0.4, 0.5) is 4.39 Å². The lowest BCUT2D eigenvalue weighted by molar-refractivity contribution is 0.0616. The van der Waals surface area contributed by atoms with Crippen LogP contribution in [0.3, 0.4) is 0 Å². The average Bonchev–Trinajstić information content (AvgIpc) is 3.20. The molecule has 8 nitrogen and oxygen atoms in total. The van der Waals surface area contributed by atoms with Crippen molar-refractivity contribution in [2.75, 3.05) is 13.1 Å². The minimum atomic E-state index is -1.12. The Bertz CT molecular complexity index is 1020. The van der Waals surface area contributed by atoms with Crippen molar-refractivity contribution in [3.8, 4) is 11.5 Å². The number of aryl methyl sites for hydroxylation is 1. The fraction of sp³-hybridized carbons (Fsp3) is 0.318. The van der Waals surface area contributed by atoms with Crippen LogP contribution in [0.5, 0.6) is 11.5 Å². The van der Waals surface area contributed by atoms with Gasteiger partial charge in [-0.3, -0.25) is 9.67 Å². The highest BCUT2D eigenvalue weighted by Crippen LogP contribution is 2.24. The van der Waals surface area contributed by atoms with Crippen molar-refractivity contribution in [1.82, 2.24) is 25.4 Å². The van der Waals surface area contributed by atoms with Crippen molar-refractivity contribution in [3.05, 3.63) is 72.1 Å². The monoisotopic (exact) mass is 426 g/mol. The molecule has 0 saturated carbocycles. The molecule has 0 saturated heterocycles. The number of benzene rings is 1. The van der Waals surface area contributed by atoms with E-state index in [1.54, 1.807) is 61.5 Å². The fourth-order valence-electron chi connectivity index (χ4n) is 2.83. The van der Waals surface area contributed by atoms with Gasteiger partial charge in [-0.1, -0.05) is 6.07 Å². The predicted octanol–water partition coefficient (Wildman–Crippen LogP) is 2.71. The van der Waals surface area contributed by atoms with Gasteiger partial charge in [0.2, 0.25) is 0 Å². The summed E-state index contributed by atoms with van der Waals surface area (Å²) >= 11 is 0. The maximum absolute atomic E-state index is 14.4. The lowest BCUT2D eigenvalue weighted by Crippen LogP contribution is -2.44. The van der Waals surface area contributed by atoms with Gasteiger partial charge in [-0.25, -0.2) is 9.38 Å². The first-order chi connectivity index (χ1) is 14.9. The maximum atomic E-state index is 14.4. The molecule has 3 rings (SSSR count). The predicted molar refractivity (Wildman–Crippen MR) is 116 cm³/mol. The molecule has 164 valence electrons. The standard InChI is InChI=1S/C22H27FN6O2/c1-4-25-21(27-15-22(2,30)17-12-28-29(3)14-17)26-11-16-7-8-20(19(23)10-16)31-18-6-5-9-24-13-18/h5-10,12-14,30H,4,11,15H2,1-3H3,(H2,25,26,27). The van der Waals surface area contributed by atoms with Gasteiger partial charge >= 0.3 is 0 Å². The first-order valence-corrected chi connectivity index (χ1v) is 9.97. The molecule has 0 radical (unpaired) electrons. The summed E-state index contributed by atoms with van der Waals surface area (Å²) in [6, 6.07) is 8.15. The Balaban J connectivity index is 1.63. The van der Waals surface area contributed by atoms with Crippen LogP contribution in [0.15, 0.2) is 60.1 Å². The molecule has 0 aliphatic heterocycles. The number of nitrogens with zero attached hydrogens (tertiary/aromatic N) is 4. The van der Waals surface area contributed by atoms with E-state index in [2.05, 4.69) is 25.7 Å². The smallest absolute Gasteiger partial charge is 0.191 e. The Morgan fingerprint density at radius 3 is 2.77 bits per heavy atom. The van der Waals surface area contributed by atoms with Crippen LogP contribution >= 0.6 is 0 Å². The molecule has 1 atom stereocenters. The lowest BCUT2D eigenvalue weighted by atomic mass is 10.00. The van der Waals surface area contributed by atoms with E-state index >= 15 is 0 Å². The summed E-state index contributed by atoms with van der Waals surface area (Å²) in [5.74, 6) is 0.626. The number of halogens is 1. The minimum absolute atomic E-state index is 0.123. The summed E-state index contributed by atoms with van der Waals surface area (Å²) in [7, 11) is 1.80. The second kappa shape index (κ2) is 10.0. The quantitative estimate of drug-likeness (QED) is 0.379. The molecular formula is C22H27FN6O2. The SMILES string of the molecule is CCNC(=NCc1ccc(Oc2cccnc2)c(F)c1)NCC(C)(O)c1cnn(C)c1. The second-order valence-electron chi connectivity index (χ2n) is 7.28. The van der Waals surface area contributed by atoms with E-state index < -0.39 is 11.4 Å². The largest absolute Gasteiger partial charge is 0.453 e. The van der Waals surface area contributed by atoms with Crippen LogP contribution < -0.4 is 15.4 Å². The minimum Gasteiger partial charge on any atom is -0.453 e. The molecule has 0 amide bonds. The Labute approximate surface area is 180 Å². The summed E-state index contributed by atoms with van der Waals surface area (Å²) in [5, 5.41) is 21.1. The van der Waals surface area contributed by atoms with Gasteiger partial charge in [-0.15, -0.1) is 0 Å². The fourth-order valence-corrected chi connectivity index (χ4v) is 2.83. The van der Waals surface area contributed by atoms with Crippen LogP contribution in [0.2, 0.25) is 0 Å². The van der Waals surface area contributed by atoms with Crippen molar-refractivity contribution >= 4 is 5.96 Å². The summed E-state index contributed by atoms with van der Waals surface area (Å²) < 4.78 is 21.6. The zero-order valence-corrected chi connectivity index (χ0v) is 17.8. The summed E-state index contributed by atoms with van der Waals surface area (Å²) in [6.07, 6.45) is 6.54. The van der Waals surface area contributed by atoms with Crippen LogP contribution in [0.1, 0.15) is 25.0 Å². The van der Waals surface area contributed by atoms with Crippen LogP contribution in [-0.4, -0.2) is 38.9 Å². The van der Waals surface area contributed by atoms with Gasteiger partial charge in [0.1, 0.15) is 11.4 Å². The number of pyridine rings is 1. The van der Waals surface area contributed by atoms with Gasteiger partial charge < -0.3 is 20.5 Å². The Kier molecular flexibility index (Phi) is 7.19. The highest BCUT2D eigenvalue weighted by Gasteiger charge is 2.25. The zero-order chi connectivity index (χ0) is 22.3. The third kappa shape index (κ3) is 6.26. The molecule has 2 aromatic heterocycles. The van der Waals surface area contributed by atoms with Gasteiger partial charge in [0.25, 0.3) is 0 Å². The molecule has 2 heterocycles. The number of ether oxygens (including phenoxy) is 1. The number of nitrogens with one attached hydrogen (secondary N) is 2. The highest BCUT2D eigenvalue weighted by molar-refractivity contribution is 5.79. The van der Waals surface area contributed by atoms with E-state index in [0.29, 0.717) is 29.4 Å². The van der Waals surface area contributed by atoms with E-state index in [1.165, 1.54) is 12.3 Å². The van der Waals surface area contributed by atoms with Crippen LogP contribution in [0.25, 0.3) is 0 Å². The Morgan fingerprint density at radius 2 is 2.13 bits per heavy atom. The van der Waals surface area contributed by atoms with Crippen LogP contribution in [-0.2, 0) is 19.2 Å². The van der Waals surface area contributed by atoms with Gasteiger partial charge in [0.15, 0.2) is 17.5 Å². The van der Waals surface area contributed by atoms with Crippen molar-refractivity contribution in [3.63, 3.8) is 0 Å². The van der Waals surface area contributed by atoms with E-state index in [1.807, 2.05) is 6.92 Å². The molecular weight excluding hydrogens is 399 g/mol. The molecule has 3 aromatic rings. The van der Waals surface area contributed by atoms with Gasteiger partial charge in [0, 0.05) is 31.5 Å². The lowest BCUT2D eigenvalue weighted by Gasteiger charge is -2.23. The molecule has 9 heteroatoms. The number of hydrogen-bond acceptors (Lipinski definition) is 5. The van der Waals surface area contributed by atoms with E-state index in [0.717, 1.165) is 0 Å². The Hall–Kier alpha value is -3.46. The van der Waals surface area contributed by atoms with Crippen molar-refractivity contribution in [2.45, 2.75) is 26.0 Å². The molecule has 0 aliphatic carbocycles. The molecule has 1 unspecified atom stereocenters. The molecule has 3 N–H and O–H groups in total. The molecule has 0 fully saturated rings. The number of guanidine groups is 1. The average molecular weight is 426 g/mol. The van der Waals surface area contributed by atoms with Gasteiger partial charge in [0.05, 0.1) is 25.5 Å². The normalized spacial score (nSPS) is 13.5. The number of rotatable bonds is 8. The second-order valence-corrected chi connectivity index (χ2v) is 7.28. The summed E-state index contributed by atoms with van der Waals surface area (Å²) in [6.45, 7) is 4.79. The number of hydrogen-bond donors (Lipinski definition) is 3. The summed E-state index contributed by atoms with van der Waals surface area (Å²) in [5.41, 5.74) is 0.263. The molecule has 0 spiro atoms. The highest BCUT2D eigenvalue weighted by atomic mass is 19.1. The van der Waals surface area contributed by atoms with Crippen molar-refractivity contribution < 1.29 is 14.2 Å². The molecule has 31 heavy (non-hydrogen) atoms. The maximum Gasteiger partial charge on any atom is 0.191 e. The zero-order valence-electron chi connectivity index (χ0n) is 17.8. The van der Waals surface area contributed by atoms with E-state index in [-0.39, 0.29) is 18.8 Å². The Morgan fingerprint density at radius 1 is 1.29 bits per heavy atom. The first-order valence-electron chi connectivity index (χ1n) is 9.97. The van der Waals surface area contributed by atoms with E-state index in [4.69, 9.17) is 4.74 Å². The molecule has 0 aliphatic rings.